The van der Waals surface area contributed by atoms with Crippen LogP contribution in [0.4, 0.5) is 4.39 Å². The molecule has 1 heterocycles. The number of amides is 1. The van der Waals surface area contributed by atoms with Gasteiger partial charge in [0.25, 0.3) is 0 Å². The Hall–Kier alpha value is -3.19. The summed E-state index contributed by atoms with van der Waals surface area (Å²) in [5.74, 6) is 0.660. The molecule has 1 N–H and O–H groups in total. The van der Waals surface area contributed by atoms with E-state index in [9.17, 15) is 9.18 Å². The molecule has 0 fully saturated rings. The van der Waals surface area contributed by atoms with Crippen molar-refractivity contribution in [3.63, 3.8) is 0 Å². The predicted octanol–water partition coefficient (Wildman–Crippen LogP) is 3.32. The molecule has 0 aliphatic heterocycles. The summed E-state index contributed by atoms with van der Waals surface area (Å²) in [5.41, 5.74) is 2.14. The van der Waals surface area contributed by atoms with Crippen LogP contribution in [0.2, 0.25) is 0 Å². The fourth-order valence-corrected chi connectivity index (χ4v) is 2.47. The molecule has 0 unspecified atom stereocenters. The van der Waals surface area contributed by atoms with Crippen LogP contribution in [-0.4, -0.2) is 24.8 Å². The molecular formula is C20H19FN2O4. The summed E-state index contributed by atoms with van der Waals surface area (Å²) >= 11 is 0. The third kappa shape index (κ3) is 5.15. The normalized spacial score (nSPS) is 10.6. The molecule has 0 saturated heterocycles. The van der Waals surface area contributed by atoms with Gasteiger partial charge in [-0.05, 0) is 30.3 Å². The Morgan fingerprint density at radius 1 is 1.19 bits per heavy atom. The van der Waals surface area contributed by atoms with Gasteiger partial charge in [-0.2, -0.15) is 0 Å². The maximum atomic E-state index is 13.0. The average Bonchev–Trinajstić information content (AvgIpc) is 3.16. The zero-order valence-corrected chi connectivity index (χ0v) is 14.8. The van der Waals surface area contributed by atoms with Crippen molar-refractivity contribution in [2.24, 2.45) is 0 Å². The Bertz CT molecular complexity index is 893. The van der Waals surface area contributed by atoms with Crippen molar-refractivity contribution in [2.45, 2.75) is 13.2 Å². The maximum Gasteiger partial charge on any atom is 0.246 e. The van der Waals surface area contributed by atoms with Gasteiger partial charge in [-0.1, -0.05) is 23.4 Å². The molecule has 6 nitrogen and oxygen atoms in total. The lowest BCUT2D eigenvalue weighted by Crippen LogP contribution is -2.27. The Balaban J connectivity index is 1.44. The van der Waals surface area contributed by atoms with Crippen molar-refractivity contribution >= 4 is 5.91 Å². The fourth-order valence-electron chi connectivity index (χ4n) is 2.47. The van der Waals surface area contributed by atoms with Crippen LogP contribution >= 0.6 is 0 Å². The number of methoxy groups -OCH3 is 1. The number of carbonyl (C=O) groups excluding carboxylic acids is 1. The second kappa shape index (κ2) is 8.95. The van der Waals surface area contributed by atoms with Gasteiger partial charge in [0, 0.05) is 23.7 Å². The minimum Gasteiger partial charge on any atom is -0.496 e. The van der Waals surface area contributed by atoms with Crippen LogP contribution in [0.3, 0.4) is 0 Å². The van der Waals surface area contributed by atoms with E-state index in [1.165, 1.54) is 12.1 Å². The highest BCUT2D eigenvalue weighted by Crippen LogP contribution is 2.21. The SMILES string of the molecule is COc1ccccc1CNC(=O)COCc1cc(-c2ccc(F)cc2)on1. The molecule has 2 aromatic carbocycles. The van der Waals surface area contributed by atoms with Gasteiger partial charge in [0.2, 0.25) is 5.91 Å². The lowest BCUT2D eigenvalue weighted by atomic mass is 10.1. The van der Waals surface area contributed by atoms with E-state index < -0.39 is 0 Å². The number of carbonyl (C=O) groups is 1. The van der Waals surface area contributed by atoms with Crippen molar-refractivity contribution in [3.05, 3.63) is 71.7 Å². The van der Waals surface area contributed by atoms with E-state index in [2.05, 4.69) is 10.5 Å². The number of hydrogen-bond acceptors (Lipinski definition) is 5. The first-order valence-corrected chi connectivity index (χ1v) is 8.33. The Labute approximate surface area is 155 Å². The highest BCUT2D eigenvalue weighted by atomic mass is 19.1. The van der Waals surface area contributed by atoms with Crippen molar-refractivity contribution in [3.8, 4) is 17.1 Å². The van der Waals surface area contributed by atoms with Crippen molar-refractivity contribution in [1.29, 1.82) is 0 Å². The molecule has 0 saturated carbocycles. The Morgan fingerprint density at radius 3 is 2.74 bits per heavy atom. The highest BCUT2D eigenvalue weighted by Gasteiger charge is 2.09. The topological polar surface area (TPSA) is 73.6 Å². The molecule has 1 amide bonds. The number of aromatic nitrogens is 1. The molecule has 0 aliphatic rings. The number of ether oxygens (including phenoxy) is 2. The third-order valence-corrected chi connectivity index (χ3v) is 3.84. The molecule has 7 heteroatoms. The number of halogens is 1. The summed E-state index contributed by atoms with van der Waals surface area (Å²) in [6, 6.07) is 15.1. The van der Waals surface area contributed by atoms with Crippen LogP contribution < -0.4 is 10.1 Å². The largest absolute Gasteiger partial charge is 0.496 e. The van der Waals surface area contributed by atoms with Crippen LogP contribution in [0.15, 0.2) is 59.1 Å². The second-order valence-electron chi connectivity index (χ2n) is 5.77. The predicted molar refractivity (Wildman–Crippen MR) is 96.4 cm³/mol. The summed E-state index contributed by atoms with van der Waals surface area (Å²) < 4.78 is 28.8. The van der Waals surface area contributed by atoms with E-state index in [4.69, 9.17) is 14.0 Å². The molecule has 0 spiro atoms. The Morgan fingerprint density at radius 2 is 1.96 bits per heavy atom. The number of nitrogens with one attached hydrogen (secondary N) is 1. The summed E-state index contributed by atoms with van der Waals surface area (Å²) in [6.07, 6.45) is 0. The number of hydrogen-bond donors (Lipinski definition) is 1. The Kier molecular flexibility index (Phi) is 6.17. The van der Waals surface area contributed by atoms with Crippen molar-refractivity contribution < 1.29 is 23.2 Å². The van der Waals surface area contributed by atoms with E-state index in [-0.39, 0.29) is 24.9 Å². The van der Waals surface area contributed by atoms with E-state index in [0.717, 1.165) is 11.3 Å². The van der Waals surface area contributed by atoms with E-state index >= 15 is 0 Å². The summed E-state index contributed by atoms with van der Waals surface area (Å²) in [4.78, 5) is 11.9. The lowest BCUT2D eigenvalue weighted by Gasteiger charge is -2.09. The molecule has 0 bridgehead atoms. The molecule has 3 rings (SSSR count). The molecule has 27 heavy (non-hydrogen) atoms. The summed E-state index contributed by atoms with van der Waals surface area (Å²) in [5, 5.41) is 6.66. The third-order valence-electron chi connectivity index (χ3n) is 3.84. The highest BCUT2D eigenvalue weighted by molar-refractivity contribution is 5.77. The minimum atomic E-state index is -0.319. The minimum absolute atomic E-state index is 0.103. The first kappa shape index (κ1) is 18.6. The van der Waals surface area contributed by atoms with Gasteiger partial charge in [-0.15, -0.1) is 0 Å². The maximum absolute atomic E-state index is 13.0. The van der Waals surface area contributed by atoms with Crippen LogP contribution in [0.25, 0.3) is 11.3 Å². The molecule has 1 aromatic heterocycles. The number of benzene rings is 2. The zero-order valence-electron chi connectivity index (χ0n) is 14.8. The zero-order chi connectivity index (χ0) is 19.1. The van der Waals surface area contributed by atoms with E-state index in [0.29, 0.717) is 23.6 Å². The summed E-state index contributed by atoms with van der Waals surface area (Å²) in [6.45, 7) is 0.381. The number of para-hydroxylation sites is 1. The number of nitrogens with zero attached hydrogens (tertiary/aromatic N) is 1. The van der Waals surface area contributed by atoms with Gasteiger partial charge >= 0.3 is 0 Å². The van der Waals surface area contributed by atoms with Gasteiger partial charge in [-0.25, -0.2) is 4.39 Å². The second-order valence-corrected chi connectivity index (χ2v) is 5.77. The van der Waals surface area contributed by atoms with Gasteiger partial charge in [-0.3, -0.25) is 4.79 Å². The van der Waals surface area contributed by atoms with E-state index in [1.54, 1.807) is 25.3 Å². The number of rotatable bonds is 8. The van der Waals surface area contributed by atoms with Crippen LogP contribution in [0.1, 0.15) is 11.3 Å². The van der Waals surface area contributed by atoms with Gasteiger partial charge < -0.3 is 19.3 Å². The van der Waals surface area contributed by atoms with Crippen LogP contribution in [-0.2, 0) is 22.7 Å². The molecule has 3 aromatic rings. The fraction of sp³-hybridized carbons (Fsp3) is 0.200. The molecule has 140 valence electrons. The van der Waals surface area contributed by atoms with Gasteiger partial charge in [0.05, 0.1) is 13.7 Å². The first-order valence-electron chi connectivity index (χ1n) is 8.33. The van der Waals surface area contributed by atoms with Crippen molar-refractivity contribution in [2.75, 3.05) is 13.7 Å². The van der Waals surface area contributed by atoms with Gasteiger partial charge in [0.15, 0.2) is 5.76 Å². The lowest BCUT2D eigenvalue weighted by molar-refractivity contribution is -0.126. The van der Waals surface area contributed by atoms with Crippen molar-refractivity contribution in [1.82, 2.24) is 10.5 Å². The smallest absolute Gasteiger partial charge is 0.246 e. The molecule has 0 aliphatic carbocycles. The molecular weight excluding hydrogens is 351 g/mol. The molecule has 0 atom stereocenters. The van der Waals surface area contributed by atoms with Gasteiger partial charge in [0.1, 0.15) is 23.9 Å². The standard InChI is InChI=1S/C20H19FN2O4/c1-25-18-5-3-2-4-15(18)11-22-20(24)13-26-12-17-10-19(27-23-17)14-6-8-16(21)9-7-14/h2-10H,11-13H2,1H3,(H,22,24). The van der Waals surface area contributed by atoms with Crippen LogP contribution in [0, 0.1) is 5.82 Å². The quantitative estimate of drug-likeness (QED) is 0.658. The first-order chi connectivity index (χ1) is 13.2. The average molecular weight is 370 g/mol. The monoisotopic (exact) mass is 370 g/mol. The molecule has 0 radical (unpaired) electrons. The summed E-state index contributed by atoms with van der Waals surface area (Å²) in [7, 11) is 1.59. The van der Waals surface area contributed by atoms with E-state index in [1.807, 2.05) is 24.3 Å². The van der Waals surface area contributed by atoms with Crippen LogP contribution in [0.5, 0.6) is 5.75 Å².